The predicted octanol–water partition coefficient (Wildman–Crippen LogP) is 2.62. The number of hydrogen-bond donors (Lipinski definition) is 0. The number of carbonyl (C=O) groups excluding carboxylic acids is 8. The summed E-state index contributed by atoms with van der Waals surface area (Å²) in [5.74, 6) is -7.19. The number of carbonyl (C=O) groups is 8. The molecule has 0 aliphatic carbocycles. The fourth-order valence-electron chi connectivity index (χ4n) is 8.24. The lowest BCUT2D eigenvalue weighted by atomic mass is 10.0. The zero-order valence-corrected chi connectivity index (χ0v) is 42.9. The van der Waals surface area contributed by atoms with Gasteiger partial charge in [0.2, 0.25) is 0 Å². The summed E-state index contributed by atoms with van der Waals surface area (Å²) in [5.41, 5.74) is 5.99. The summed E-state index contributed by atoms with van der Waals surface area (Å²) in [5, 5.41) is 8.88. The minimum Gasteiger partial charge on any atom is -0.451 e. The van der Waals surface area contributed by atoms with Gasteiger partial charge in [-0.2, -0.15) is 10.2 Å². The molecule has 1 aliphatic heterocycles. The first-order valence-corrected chi connectivity index (χ1v) is 24.2. The molecule has 0 N–H and O–H groups in total. The van der Waals surface area contributed by atoms with Gasteiger partial charge in [-0.25, -0.2) is 0 Å². The van der Waals surface area contributed by atoms with E-state index in [2.05, 4.69) is 20.2 Å². The number of likely N-dealkylation sites (N-methyl/N-ethyl adjacent to an activating group) is 4. The molecular weight excluding hydrogens is 981 g/mol. The van der Waals surface area contributed by atoms with Crippen LogP contribution in [0, 0.1) is 0 Å². The second-order valence-corrected chi connectivity index (χ2v) is 18.2. The first-order valence-electron chi connectivity index (χ1n) is 24.2. The minimum absolute atomic E-state index is 0.146. The Balaban J connectivity index is 1.04. The molecule has 0 bridgehead atoms. The van der Waals surface area contributed by atoms with Crippen molar-refractivity contribution in [2.45, 2.75) is 64.2 Å². The fraction of sp³-hybridized carbons (Fsp3) is 0.333. The van der Waals surface area contributed by atoms with Crippen LogP contribution in [0.25, 0.3) is 22.8 Å². The monoisotopic (exact) mass is 1040 g/mol. The molecule has 0 saturated carbocycles. The quantitative estimate of drug-likeness (QED) is 0.141. The van der Waals surface area contributed by atoms with E-state index in [0.29, 0.717) is 24.2 Å². The molecule has 396 valence electrons. The second kappa shape index (κ2) is 25.2. The van der Waals surface area contributed by atoms with Crippen molar-refractivity contribution in [1.29, 1.82) is 0 Å². The number of amides is 4. The molecule has 2 aromatic carbocycles. The highest BCUT2D eigenvalue weighted by Gasteiger charge is 2.34. The van der Waals surface area contributed by atoms with Crippen LogP contribution in [0.5, 0.6) is 0 Å². The first kappa shape index (κ1) is 54.7. The molecule has 5 heterocycles. The summed E-state index contributed by atoms with van der Waals surface area (Å²) in [6, 6.07) is 29.2. The van der Waals surface area contributed by atoms with E-state index < -0.39 is 98.1 Å². The molecule has 76 heavy (non-hydrogen) atoms. The summed E-state index contributed by atoms with van der Waals surface area (Å²) < 4.78 is 25.7. The molecule has 4 atom stereocenters. The summed E-state index contributed by atoms with van der Waals surface area (Å²) >= 11 is 0. The number of nitrogens with zero attached hydrogens (tertiary/aromatic N) is 10. The van der Waals surface area contributed by atoms with E-state index in [1.165, 1.54) is 42.0 Å². The highest BCUT2D eigenvalue weighted by molar-refractivity contribution is 5.92. The van der Waals surface area contributed by atoms with Crippen LogP contribution in [-0.2, 0) is 83.2 Å². The topological polar surface area (TPSA) is 248 Å². The van der Waals surface area contributed by atoms with Crippen molar-refractivity contribution in [3.63, 3.8) is 0 Å². The highest BCUT2D eigenvalue weighted by atomic mass is 16.6. The molecule has 7 rings (SSSR count). The van der Waals surface area contributed by atoms with Crippen LogP contribution >= 0.6 is 0 Å². The van der Waals surface area contributed by atoms with Gasteiger partial charge in [-0.15, -0.1) is 0 Å². The molecule has 4 unspecified atom stereocenters. The number of ether oxygens (including phenoxy) is 4. The average Bonchev–Trinajstić information content (AvgIpc) is 4.08. The first-order chi connectivity index (χ1) is 36.4. The number of aromatic nitrogens is 6. The number of hydrogen-bond acceptors (Lipinski definition) is 16. The van der Waals surface area contributed by atoms with E-state index in [4.69, 9.17) is 18.9 Å². The predicted molar refractivity (Wildman–Crippen MR) is 271 cm³/mol. The van der Waals surface area contributed by atoms with Gasteiger partial charge in [0, 0.05) is 65.8 Å². The normalized spacial score (nSPS) is 19.4. The van der Waals surface area contributed by atoms with Crippen LogP contribution in [-0.4, -0.2) is 175 Å². The third kappa shape index (κ3) is 14.6. The number of benzene rings is 2. The largest absolute Gasteiger partial charge is 0.451 e. The maximum atomic E-state index is 14.0. The third-order valence-corrected chi connectivity index (χ3v) is 12.2. The summed E-state index contributed by atoms with van der Waals surface area (Å²) in [4.78, 5) is 121. The Morgan fingerprint density at radius 2 is 0.737 bits per heavy atom. The third-order valence-electron chi connectivity index (χ3n) is 12.2. The Morgan fingerprint density at radius 1 is 0.408 bits per heavy atom. The van der Waals surface area contributed by atoms with E-state index in [-0.39, 0.29) is 12.8 Å². The van der Waals surface area contributed by atoms with Crippen molar-refractivity contribution < 1.29 is 57.3 Å². The van der Waals surface area contributed by atoms with Gasteiger partial charge in [-0.3, -0.25) is 57.7 Å². The van der Waals surface area contributed by atoms with Gasteiger partial charge in [-0.05, 0) is 72.5 Å². The molecule has 22 heteroatoms. The van der Waals surface area contributed by atoms with Crippen LogP contribution in [0.2, 0.25) is 0 Å². The van der Waals surface area contributed by atoms with Crippen LogP contribution in [0.1, 0.15) is 36.1 Å². The molecular formula is C54H58N10O12. The van der Waals surface area contributed by atoms with Gasteiger partial charge in [0.05, 0.1) is 35.9 Å². The van der Waals surface area contributed by atoms with Crippen LogP contribution in [0.3, 0.4) is 0 Å². The molecule has 1 fully saturated rings. The molecule has 4 amide bonds. The molecule has 6 aromatic rings. The standard InChI is InChI=1S/C54H58N10O12/c1-35-51(69)59(3)33-49(67)75-46(28-38-15-19-40(20-16-38)30-64-44(22-26-58-64)42-12-8-10-24-56-42)54(72)62(6)32-48(66)74-36(2)52(70)60(4)34-50(68)76-45(53(71)61(5)31-47(65)73-35)27-37-13-17-39(18-14-37)29-63-43(21-25-57-63)41-11-7-9-23-55-41/h7-26,35-36,45-46H,27-34H2,1-6H3. The van der Waals surface area contributed by atoms with Crippen LogP contribution in [0.15, 0.2) is 122 Å². The molecule has 1 aliphatic rings. The lowest BCUT2D eigenvalue weighted by Gasteiger charge is -2.27. The molecule has 0 radical (unpaired) electrons. The number of rotatable bonds is 10. The van der Waals surface area contributed by atoms with Gasteiger partial charge in [-0.1, -0.05) is 60.7 Å². The van der Waals surface area contributed by atoms with Crippen LogP contribution in [0.4, 0.5) is 0 Å². The van der Waals surface area contributed by atoms with E-state index in [0.717, 1.165) is 53.5 Å². The Bertz CT molecular complexity index is 2820. The van der Waals surface area contributed by atoms with Crippen molar-refractivity contribution in [1.82, 2.24) is 49.1 Å². The smallest absolute Gasteiger partial charge is 0.326 e. The van der Waals surface area contributed by atoms with Gasteiger partial charge < -0.3 is 38.5 Å². The molecule has 22 nitrogen and oxygen atoms in total. The van der Waals surface area contributed by atoms with E-state index >= 15 is 0 Å². The molecule has 1 saturated heterocycles. The minimum atomic E-state index is -1.51. The van der Waals surface area contributed by atoms with Crippen LogP contribution < -0.4 is 0 Å². The van der Waals surface area contributed by atoms with Gasteiger partial charge in [0.25, 0.3) is 23.6 Å². The fourth-order valence-corrected chi connectivity index (χ4v) is 8.24. The van der Waals surface area contributed by atoms with Crippen molar-refractivity contribution in [3.05, 3.63) is 144 Å². The summed E-state index contributed by atoms with van der Waals surface area (Å²) in [6.45, 7) is 0.655. The lowest BCUT2D eigenvalue weighted by Crippen LogP contribution is -2.47. The molecule has 4 aromatic heterocycles. The Morgan fingerprint density at radius 3 is 1.08 bits per heavy atom. The van der Waals surface area contributed by atoms with Gasteiger partial charge in [0.1, 0.15) is 26.2 Å². The van der Waals surface area contributed by atoms with E-state index in [1.54, 1.807) is 58.4 Å². The van der Waals surface area contributed by atoms with Crippen molar-refractivity contribution in [3.8, 4) is 22.8 Å². The Hall–Kier alpha value is -9.08. The summed E-state index contributed by atoms with van der Waals surface area (Å²) in [7, 11) is 5.11. The van der Waals surface area contributed by atoms with E-state index in [9.17, 15) is 38.4 Å². The van der Waals surface area contributed by atoms with Crippen molar-refractivity contribution >= 4 is 47.5 Å². The number of esters is 4. The van der Waals surface area contributed by atoms with Gasteiger partial charge in [0.15, 0.2) is 24.4 Å². The number of pyridine rings is 2. The zero-order chi connectivity index (χ0) is 54.5. The van der Waals surface area contributed by atoms with Crippen molar-refractivity contribution in [2.24, 2.45) is 0 Å². The Kier molecular flexibility index (Phi) is 18.2. The maximum absolute atomic E-state index is 14.0. The molecule has 0 spiro atoms. The number of cyclic esters (lactones) is 4. The highest BCUT2D eigenvalue weighted by Crippen LogP contribution is 2.21. The summed E-state index contributed by atoms with van der Waals surface area (Å²) in [6.07, 6.45) is 0.539. The average molecular weight is 1040 g/mol. The van der Waals surface area contributed by atoms with Crippen molar-refractivity contribution in [2.75, 3.05) is 54.4 Å². The SMILES string of the molecule is CC1OC(=O)CN(C)C(=O)C(Cc2ccc(Cn3nccc3-c3ccccn3)cc2)OC(=O)CN(C)C(=O)C(C)OC(=O)CN(C)C(=O)C(Cc2ccc(Cn3nccc3-c3ccccn3)cc2)OC(=O)CN(C)C1=O. The zero-order valence-electron chi connectivity index (χ0n) is 42.9. The Labute approximate surface area is 438 Å². The maximum Gasteiger partial charge on any atom is 0.326 e. The van der Waals surface area contributed by atoms with Gasteiger partial charge >= 0.3 is 23.9 Å². The second-order valence-electron chi connectivity index (χ2n) is 18.2. The lowest BCUT2D eigenvalue weighted by molar-refractivity contribution is -0.169. The van der Waals surface area contributed by atoms with E-state index in [1.807, 2.05) is 72.8 Å².